The van der Waals surface area contributed by atoms with E-state index in [0.717, 1.165) is 16.6 Å². The van der Waals surface area contributed by atoms with Crippen LogP contribution in [0.25, 0.3) is 11.0 Å². The predicted octanol–water partition coefficient (Wildman–Crippen LogP) is 3.20. The van der Waals surface area contributed by atoms with Gasteiger partial charge >= 0.3 is 11.6 Å². The maximum atomic E-state index is 11.8. The minimum atomic E-state index is -0.418. The largest absolute Gasteiger partial charge is 0.497 e. The zero-order valence-electron chi connectivity index (χ0n) is 13.9. The van der Waals surface area contributed by atoms with Gasteiger partial charge in [0, 0.05) is 29.8 Å². The molecule has 0 radical (unpaired) electrons. The van der Waals surface area contributed by atoms with Crippen LogP contribution in [0.4, 0.5) is 5.69 Å². The zero-order valence-corrected chi connectivity index (χ0v) is 13.9. The van der Waals surface area contributed by atoms with Crippen LogP contribution in [-0.2, 0) is 11.3 Å². The van der Waals surface area contributed by atoms with Gasteiger partial charge in [0.1, 0.15) is 11.3 Å². The van der Waals surface area contributed by atoms with Gasteiger partial charge in [-0.05, 0) is 42.0 Å². The number of benzene rings is 2. The van der Waals surface area contributed by atoms with E-state index in [9.17, 15) is 9.59 Å². The molecule has 0 fully saturated rings. The summed E-state index contributed by atoms with van der Waals surface area (Å²) in [6, 6.07) is 13.7. The van der Waals surface area contributed by atoms with Crippen molar-refractivity contribution in [2.75, 3.05) is 19.5 Å². The third-order valence-corrected chi connectivity index (χ3v) is 3.83. The molecule has 25 heavy (non-hydrogen) atoms. The average Bonchev–Trinajstić information content (AvgIpc) is 2.65. The second kappa shape index (κ2) is 7.09. The summed E-state index contributed by atoms with van der Waals surface area (Å²) >= 11 is 0. The van der Waals surface area contributed by atoms with E-state index in [-0.39, 0.29) is 5.97 Å². The van der Waals surface area contributed by atoms with Crippen molar-refractivity contribution in [2.24, 2.45) is 0 Å². The molecular weight excluding hydrogens is 322 g/mol. The fourth-order valence-corrected chi connectivity index (χ4v) is 2.52. The number of hydrogen-bond acceptors (Lipinski definition) is 6. The highest BCUT2D eigenvalue weighted by atomic mass is 16.5. The van der Waals surface area contributed by atoms with Crippen LogP contribution < -0.4 is 15.7 Å². The standard InChI is InChI=1S/C19H17NO5/c1-23-15-7-8-16-13(9-18(21)25-17(16)10-15)11-20-14-5-3-12(4-6-14)19(22)24-2/h3-10,20H,11H2,1-2H3. The molecule has 0 spiro atoms. The van der Waals surface area contributed by atoms with Gasteiger partial charge in [0.2, 0.25) is 0 Å². The van der Waals surface area contributed by atoms with Gasteiger partial charge in [-0.3, -0.25) is 0 Å². The maximum Gasteiger partial charge on any atom is 0.337 e. The molecule has 0 unspecified atom stereocenters. The van der Waals surface area contributed by atoms with Crippen LogP contribution >= 0.6 is 0 Å². The first kappa shape index (κ1) is 16.6. The van der Waals surface area contributed by atoms with Crippen molar-refractivity contribution in [1.82, 2.24) is 0 Å². The van der Waals surface area contributed by atoms with Gasteiger partial charge in [0.25, 0.3) is 0 Å². The number of ether oxygens (including phenoxy) is 2. The number of nitrogens with one attached hydrogen (secondary N) is 1. The molecule has 0 amide bonds. The van der Waals surface area contributed by atoms with E-state index in [1.54, 1.807) is 37.4 Å². The average molecular weight is 339 g/mol. The molecule has 6 heteroatoms. The molecule has 0 aliphatic carbocycles. The summed E-state index contributed by atoms with van der Waals surface area (Å²) in [4.78, 5) is 23.2. The Morgan fingerprint density at radius 2 is 1.84 bits per heavy atom. The quantitative estimate of drug-likeness (QED) is 0.568. The Morgan fingerprint density at radius 3 is 2.52 bits per heavy atom. The molecule has 0 bridgehead atoms. The lowest BCUT2D eigenvalue weighted by atomic mass is 10.1. The Balaban J connectivity index is 1.83. The predicted molar refractivity (Wildman–Crippen MR) is 94.1 cm³/mol. The van der Waals surface area contributed by atoms with Gasteiger partial charge in [-0.1, -0.05) is 0 Å². The second-order valence-corrected chi connectivity index (χ2v) is 5.38. The molecule has 1 aromatic heterocycles. The Labute approximate surface area is 144 Å². The summed E-state index contributed by atoms with van der Waals surface area (Å²) in [5, 5.41) is 4.06. The van der Waals surface area contributed by atoms with E-state index in [0.29, 0.717) is 23.4 Å². The monoisotopic (exact) mass is 339 g/mol. The van der Waals surface area contributed by atoms with Gasteiger partial charge in [-0.25, -0.2) is 9.59 Å². The number of methoxy groups -OCH3 is 2. The summed E-state index contributed by atoms with van der Waals surface area (Å²) < 4.78 is 15.1. The van der Waals surface area contributed by atoms with Gasteiger partial charge in [-0.15, -0.1) is 0 Å². The SMILES string of the molecule is COC(=O)c1ccc(NCc2cc(=O)oc3cc(OC)ccc23)cc1. The third-order valence-electron chi connectivity index (χ3n) is 3.83. The topological polar surface area (TPSA) is 77.8 Å². The fraction of sp³-hybridized carbons (Fsp3) is 0.158. The summed E-state index contributed by atoms with van der Waals surface area (Å²) in [5.41, 5.74) is 2.17. The fourth-order valence-electron chi connectivity index (χ4n) is 2.52. The second-order valence-electron chi connectivity index (χ2n) is 5.38. The molecule has 0 saturated carbocycles. The summed E-state index contributed by atoms with van der Waals surface area (Å²) in [6.07, 6.45) is 0. The molecule has 6 nitrogen and oxygen atoms in total. The molecule has 0 aliphatic rings. The van der Waals surface area contributed by atoms with Crippen LogP contribution in [0.5, 0.6) is 5.75 Å². The van der Waals surface area contributed by atoms with Gasteiger partial charge < -0.3 is 19.2 Å². The molecule has 2 aromatic carbocycles. The van der Waals surface area contributed by atoms with Crippen LogP contribution in [0, 0.1) is 0 Å². The van der Waals surface area contributed by atoms with E-state index in [4.69, 9.17) is 9.15 Å². The summed E-state index contributed by atoms with van der Waals surface area (Å²) in [7, 11) is 2.90. The Bertz CT molecular complexity index is 960. The lowest BCUT2D eigenvalue weighted by Gasteiger charge is -2.10. The number of esters is 1. The van der Waals surface area contributed by atoms with Crippen molar-refractivity contribution in [2.45, 2.75) is 6.54 Å². The smallest absolute Gasteiger partial charge is 0.337 e. The van der Waals surface area contributed by atoms with Gasteiger partial charge in [0.05, 0.1) is 19.8 Å². The van der Waals surface area contributed by atoms with Crippen LogP contribution in [0.2, 0.25) is 0 Å². The lowest BCUT2D eigenvalue weighted by Crippen LogP contribution is -2.06. The van der Waals surface area contributed by atoms with Crippen molar-refractivity contribution in [3.05, 3.63) is 70.1 Å². The number of hydrogen-bond donors (Lipinski definition) is 1. The molecule has 128 valence electrons. The molecule has 0 saturated heterocycles. The third kappa shape index (κ3) is 3.63. The summed E-state index contributed by atoms with van der Waals surface area (Å²) in [6.45, 7) is 0.437. The Morgan fingerprint density at radius 1 is 1.08 bits per heavy atom. The van der Waals surface area contributed by atoms with Crippen molar-refractivity contribution >= 4 is 22.6 Å². The minimum Gasteiger partial charge on any atom is -0.497 e. The van der Waals surface area contributed by atoms with Crippen LogP contribution in [0.15, 0.2) is 57.7 Å². The Kier molecular flexibility index (Phi) is 4.70. The first-order valence-electron chi connectivity index (χ1n) is 7.64. The normalized spacial score (nSPS) is 10.5. The first-order chi connectivity index (χ1) is 12.1. The molecule has 3 aromatic rings. The van der Waals surface area contributed by atoms with E-state index in [1.807, 2.05) is 12.1 Å². The number of fused-ring (bicyclic) bond motifs is 1. The number of carbonyl (C=O) groups is 1. The van der Waals surface area contributed by atoms with Gasteiger partial charge in [-0.2, -0.15) is 0 Å². The van der Waals surface area contributed by atoms with E-state index < -0.39 is 5.63 Å². The number of carbonyl (C=O) groups excluding carboxylic acids is 1. The van der Waals surface area contributed by atoms with Crippen LogP contribution in [-0.4, -0.2) is 20.2 Å². The van der Waals surface area contributed by atoms with Crippen molar-refractivity contribution < 1.29 is 18.7 Å². The van der Waals surface area contributed by atoms with Crippen LogP contribution in [0.3, 0.4) is 0 Å². The molecule has 3 rings (SSSR count). The summed E-state index contributed by atoms with van der Waals surface area (Å²) in [5.74, 6) is 0.242. The molecule has 0 atom stereocenters. The Hall–Kier alpha value is -3.28. The molecule has 1 N–H and O–H groups in total. The molecule has 1 heterocycles. The van der Waals surface area contributed by atoms with E-state index >= 15 is 0 Å². The first-order valence-corrected chi connectivity index (χ1v) is 7.64. The molecular formula is C19H17NO5. The highest BCUT2D eigenvalue weighted by molar-refractivity contribution is 5.89. The minimum absolute atomic E-state index is 0.382. The lowest BCUT2D eigenvalue weighted by molar-refractivity contribution is 0.0601. The van der Waals surface area contributed by atoms with Crippen molar-refractivity contribution in [1.29, 1.82) is 0 Å². The maximum absolute atomic E-state index is 11.8. The number of anilines is 1. The van der Waals surface area contributed by atoms with Gasteiger partial charge in [0.15, 0.2) is 0 Å². The highest BCUT2D eigenvalue weighted by Gasteiger charge is 2.08. The molecule has 0 aliphatic heterocycles. The van der Waals surface area contributed by atoms with E-state index in [1.165, 1.54) is 13.2 Å². The zero-order chi connectivity index (χ0) is 17.8. The van der Waals surface area contributed by atoms with Crippen molar-refractivity contribution in [3.8, 4) is 5.75 Å². The van der Waals surface area contributed by atoms with Crippen molar-refractivity contribution in [3.63, 3.8) is 0 Å². The van der Waals surface area contributed by atoms with E-state index in [2.05, 4.69) is 10.1 Å². The van der Waals surface area contributed by atoms with Crippen LogP contribution in [0.1, 0.15) is 15.9 Å². The number of rotatable bonds is 5. The highest BCUT2D eigenvalue weighted by Crippen LogP contribution is 2.23.